The number of rotatable bonds is 8. The zero-order chi connectivity index (χ0) is 21.7. The summed E-state index contributed by atoms with van der Waals surface area (Å²) in [4.78, 5) is 24.6. The number of hydrogen-bond acceptors (Lipinski definition) is 7. The van der Waals surface area contributed by atoms with Gasteiger partial charge >= 0.3 is 0 Å². The molecule has 0 saturated heterocycles. The Labute approximate surface area is 173 Å². The Balaban J connectivity index is 1.64. The molecule has 0 aliphatic carbocycles. The molecule has 2 aromatic carbocycles. The highest BCUT2D eigenvalue weighted by molar-refractivity contribution is 5.93. The Morgan fingerprint density at radius 2 is 1.90 bits per heavy atom. The van der Waals surface area contributed by atoms with Crippen molar-refractivity contribution in [3.63, 3.8) is 0 Å². The van der Waals surface area contributed by atoms with Gasteiger partial charge in [0.05, 0.1) is 17.5 Å². The first kappa shape index (κ1) is 21.1. The minimum Gasteiger partial charge on any atom is -0.419 e. The Morgan fingerprint density at radius 1 is 1.20 bits per heavy atom. The summed E-state index contributed by atoms with van der Waals surface area (Å²) in [5.41, 5.74) is 2.46. The molecule has 9 nitrogen and oxygen atoms in total. The number of carbonyl (C=O) groups is 1. The van der Waals surface area contributed by atoms with Crippen LogP contribution in [0.15, 0.2) is 52.9 Å². The monoisotopic (exact) mass is 409 g/mol. The number of carbonyl (C=O) groups excluding carboxylic acids is 1. The van der Waals surface area contributed by atoms with E-state index < -0.39 is 4.92 Å². The smallest absolute Gasteiger partial charge is 0.269 e. The molecular weight excluding hydrogens is 386 g/mol. The second-order valence-corrected chi connectivity index (χ2v) is 6.90. The summed E-state index contributed by atoms with van der Waals surface area (Å²) in [5.74, 6) is 0.481. The number of anilines is 1. The molecule has 1 N–H and O–H groups in total. The van der Waals surface area contributed by atoms with Crippen molar-refractivity contribution in [2.45, 2.75) is 26.3 Å². The zero-order valence-corrected chi connectivity index (χ0v) is 17.0. The van der Waals surface area contributed by atoms with Crippen molar-refractivity contribution in [3.8, 4) is 11.5 Å². The van der Waals surface area contributed by atoms with Crippen LogP contribution in [-0.2, 0) is 11.2 Å². The minimum atomic E-state index is -0.468. The van der Waals surface area contributed by atoms with Gasteiger partial charge in [-0.25, -0.2) is 0 Å². The number of amides is 1. The summed E-state index contributed by atoms with van der Waals surface area (Å²) in [7, 11) is 1.80. The van der Waals surface area contributed by atoms with E-state index in [1.807, 2.05) is 38.1 Å². The Morgan fingerprint density at radius 3 is 2.57 bits per heavy atom. The van der Waals surface area contributed by atoms with Crippen LogP contribution in [0, 0.1) is 10.1 Å². The summed E-state index contributed by atoms with van der Waals surface area (Å²) in [6.07, 6.45) is 0.829. The number of hydrogen-bond donors (Lipinski definition) is 1. The van der Waals surface area contributed by atoms with Crippen LogP contribution < -0.4 is 5.32 Å². The molecule has 0 aliphatic rings. The molecule has 0 radical (unpaired) electrons. The molecule has 30 heavy (non-hydrogen) atoms. The van der Waals surface area contributed by atoms with Crippen molar-refractivity contribution in [2.24, 2.45) is 0 Å². The quantitative estimate of drug-likeness (QED) is 0.444. The van der Waals surface area contributed by atoms with Crippen molar-refractivity contribution >= 4 is 17.3 Å². The SMILES string of the molecule is CCc1ccccc1NC(=O)CN(C)C(C)c1nnc(-c2ccc([N+](=O)[O-])cc2)o1. The van der Waals surface area contributed by atoms with Gasteiger partial charge in [0.1, 0.15) is 0 Å². The molecule has 1 heterocycles. The number of para-hydroxylation sites is 1. The van der Waals surface area contributed by atoms with E-state index >= 15 is 0 Å². The lowest BCUT2D eigenvalue weighted by molar-refractivity contribution is -0.384. The summed E-state index contributed by atoms with van der Waals surface area (Å²) in [6, 6.07) is 13.3. The van der Waals surface area contributed by atoms with Crippen LogP contribution in [0.4, 0.5) is 11.4 Å². The molecular formula is C21H23N5O4. The van der Waals surface area contributed by atoms with Gasteiger partial charge in [-0.05, 0) is 44.2 Å². The second kappa shape index (κ2) is 9.27. The fourth-order valence-corrected chi connectivity index (χ4v) is 2.94. The number of nitro benzene ring substituents is 1. The van der Waals surface area contributed by atoms with E-state index in [0.29, 0.717) is 11.5 Å². The molecule has 9 heteroatoms. The molecule has 0 fully saturated rings. The van der Waals surface area contributed by atoms with Gasteiger partial charge in [-0.1, -0.05) is 25.1 Å². The van der Waals surface area contributed by atoms with E-state index in [2.05, 4.69) is 15.5 Å². The molecule has 1 amide bonds. The molecule has 1 aromatic heterocycles. The third-order valence-corrected chi connectivity index (χ3v) is 4.85. The molecule has 156 valence electrons. The van der Waals surface area contributed by atoms with E-state index in [9.17, 15) is 14.9 Å². The molecule has 1 atom stereocenters. The highest BCUT2D eigenvalue weighted by Gasteiger charge is 2.21. The van der Waals surface area contributed by atoms with Gasteiger partial charge in [0.25, 0.3) is 5.69 Å². The largest absolute Gasteiger partial charge is 0.419 e. The van der Waals surface area contributed by atoms with E-state index in [-0.39, 0.29) is 30.1 Å². The van der Waals surface area contributed by atoms with Crippen LogP contribution in [0.1, 0.15) is 31.3 Å². The average Bonchev–Trinajstić information content (AvgIpc) is 3.23. The lowest BCUT2D eigenvalue weighted by Crippen LogP contribution is -2.32. The van der Waals surface area contributed by atoms with Crippen molar-refractivity contribution in [1.82, 2.24) is 15.1 Å². The van der Waals surface area contributed by atoms with Crippen molar-refractivity contribution < 1.29 is 14.1 Å². The summed E-state index contributed by atoms with van der Waals surface area (Å²) < 4.78 is 5.72. The molecule has 0 spiro atoms. The first-order valence-electron chi connectivity index (χ1n) is 9.55. The Kier molecular flexibility index (Phi) is 6.53. The summed E-state index contributed by atoms with van der Waals surface area (Å²) >= 11 is 0. The highest BCUT2D eigenvalue weighted by atomic mass is 16.6. The van der Waals surface area contributed by atoms with Crippen molar-refractivity contribution in [1.29, 1.82) is 0 Å². The maximum absolute atomic E-state index is 12.5. The topological polar surface area (TPSA) is 114 Å². The van der Waals surface area contributed by atoms with Crippen molar-refractivity contribution in [2.75, 3.05) is 18.9 Å². The lowest BCUT2D eigenvalue weighted by atomic mass is 10.1. The fourth-order valence-electron chi connectivity index (χ4n) is 2.94. The second-order valence-electron chi connectivity index (χ2n) is 6.90. The number of nitro groups is 1. The van der Waals surface area contributed by atoms with Gasteiger partial charge in [-0.15, -0.1) is 10.2 Å². The minimum absolute atomic E-state index is 0.0118. The third kappa shape index (κ3) is 4.87. The van der Waals surface area contributed by atoms with Crippen LogP contribution >= 0.6 is 0 Å². The lowest BCUT2D eigenvalue weighted by Gasteiger charge is -2.21. The highest BCUT2D eigenvalue weighted by Crippen LogP contribution is 2.25. The first-order valence-corrected chi connectivity index (χ1v) is 9.55. The van der Waals surface area contributed by atoms with E-state index in [4.69, 9.17) is 4.42 Å². The predicted molar refractivity (Wildman–Crippen MR) is 112 cm³/mol. The number of aromatic nitrogens is 2. The molecule has 0 aliphatic heterocycles. The third-order valence-electron chi connectivity index (χ3n) is 4.85. The van der Waals surface area contributed by atoms with Gasteiger partial charge in [0.2, 0.25) is 17.7 Å². The van der Waals surface area contributed by atoms with Gasteiger partial charge < -0.3 is 9.73 Å². The molecule has 3 aromatic rings. The van der Waals surface area contributed by atoms with Crippen LogP contribution in [0.25, 0.3) is 11.5 Å². The van der Waals surface area contributed by atoms with Gasteiger partial charge in [0.15, 0.2) is 0 Å². The summed E-state index contributed by atoms with van der Waals surface area (Å²) in [6.45, 7) is 4.05. The van der Waals surface area contributed by atoms with Crippen LogP contribution in [0.2, 0.25) is 0 Å². The number of non-ortho nitro benzene ring substituents is 1. The number of nitrogens with zero attached hydrogens (tertiary/aromatic N) is 4. The maximum Gasteiger partial charge on any atom is 0.269 e. The van der Waals surface area contributed by atoms with Crippen LogP contribution in [0.5, 0.6) is 0 Å². The fraction of sp³-hybridized carbons (Fsp3) is 0.286. The summed E-state index contributed by atoms with van der Waals surface area (Å²) in [5, 5.41) is 21.8. The van der Waals surface area contributed by atoms with E-state index in [1.165, 1.54) is 12.1 Å². The number of nitrogens with one attached hydrogen (secondary N) is 1. The molecule has 0 saturated carbocycles. The normalized spacial score (nSPS) is 12.0. The van der Waals surface area contributed by atoms with E-state index in [1.54, 1.807) is 24.1 Å². The standard InChI is InChI=1S/C21H23N5O4/c1-4-15-7-5-6-8-18(15)22-19(27)13-25(3)14(2)20-23-24-21(30-20)16-9-11-17(12-10-16)26(28)29/h5-12,14H,4,13H2,1-3H3,(H,22,27). The van der Waals surface area contributed by atoms with Crippen LogP contribution in [0.3, 0.4) is 0 Å². The Bertz CT molecular complexity index is 1030. The van der Waals surface area contributed by atoms with Gasteiger partial charge in [-0.2, -0.15) is 0 Å². The van der Waals surface area contributed by atoms with Gasteiger partial charge in [-0.3, -0.25) is 19.8 Å². The Hall–Kier alpha value is -3.59. The van der Waals surface area contributed by atoms with Crippen molar-refractivity contribution in [3.05, 3.63) is 70.1 Å². The molecule has 0 bridgehead atoms. The maximum atomic E-state index is 12.5. The zero-order valence-electron chi connectivity index (χ0n) is 17.0. The number of benzene rings is 2. The predicted octanol–water partition coefficient (Wildman–Crippen LogP) is 3.84. The van der Waals surface area contributed by atoms with Crippen LogP contribution in [-0.4, -0.2) is 39.5 Å². The first-order chi connectivity index (χ1) is 14.4. The van der Waals surface area contributed by atoms with E-state index in [0.717, 1.165) is 17.7 Å². The van der Waals surface area contributed by atoms with Gasteiger partial charge in [0, 0.05) is 23.4 Å². The molecule has 1 unspecified atom stereocenters. The molecule has 3 rings (SSSR count). The average molecular weight is 409 g/mol. The number of likely N-dealkylation sites (N-methyl/N-ethyl adjacent to an activating group) is 1. The number of aryl methyl sites for hydroxylation is 1.